The van der Waals surface area contributed by atoms with E-state index in [4.69, 9.17) is 10.7 Å². The Hall–Kier alpha value is -0.610. The first-order chi connectivity index (χ1) is 8.71. The molecule has 0 saturated carbocycles. The lowest BCUT2D eigenvalue weighted by Crippen LogP contribution is -2.18. The Morgan fingerprint density at radius 2 is 1.89 bits per heavy atom. The summed E-state index contributed by atoms with van der Waals surface area (Å²) in [5.41, 5.74) is -2.75. The van der Waals surface area contributed by atoms with Gasteiger partial charge in [0.05, 0.1) is 0 Å². The van der Waals surface area contributed by atoms with Crippen molar-refractivity contribution < 1.29 is 13.2 Å². The maximum absolute atomic E-state index is 13.5. The molecule has 106 valence electrons. The van der Waals surface area contributed by atoms with Crippen LogP contribution in [0.1, 0.15) is 31.9 Å². The maximum atomic E-state index is 13.5. The van der Waals surface area contributed by atoms with Crippen LogP contribution >= 0.6 is 19.9 Å². The molecular weight excluding hydrogens is 293 g/mol. The first-order valence-corrected chi connectivity index (χ1v) is 8.61. The Labute approximate surface area is 117 Å². The molecule has 0 nitrogen and oxygen atoms in total. The first kappa shape index (κ1) is 14.8. The van der Waals surface area contributed by atoms with Gasteiger partial charge in [0, 0.05) is 4.90 Å². The number of fused-ring (bicyclic) bond motifs is 1. The van der Waals surface area contributed by atoms with Crippen LogP contribution in [-0.4, -0.2) is 5.51 Å². The predicted octanol–water partition coefficient (Wildman–Crippen LogP) is 6.10. The highest BCUT2D eigenvalue weighted by Gasteiger charge is 2.56. The Balaban J connectivity index is 2.66. The van der Waals surface area contributed by atoms with Crippen molar-refractivity contribution in [1.29, 1.82) is 0 Å². The average Bonchev–Trinajstić information content (AvgIpc) is 2.63. The van der Waals surface area contributed by atoms with Crippen molar-refractivity contribution in [2.45, 2.75) is 37.6 Å². The zero-order chi connectivity index (χ0) is 14.4. The molecule has 0 fully saturated rings. The number of alkyl halides is 3. The van der Waals surface area contributed by atoms with Gasteiger partial charge in [-0.25, -0.2) is 0 Å². The van der Waals surface area contributed by atoms with Crippen molar-refractivity contribution in [3.63, 3.8) is 0 Å². The van der Waals surface area contributed by atoms with Crippen molar-refractivity contribution in [2.75, 3.05) is 0 Å². The Morgan fingerprint density at radius 1 is 1.26 bits per heavy atom. The fourth-order valence-electron chi connectivity index (χ4n) is 2.30. The predicted molar refractivity (Wildman–Crippen MR) is 76.4 cm³/mol. The van der Waals surface area contributed by atoms with Crippen LogP contribution in [0.4, 0.5) is 13.2 Å². The molecule has 1 aliphatic rings. The summed E-state index contributed by atoms with van der Waals surface area (Å²) in [6, 6.07) is 5.11. The van der Waals surface area contributed by atoms with Crippen LogP contribution in [0.25, 0.3) is 6.08 Å². The van der Waals surface area contributed by atoms with Crippen LogP contribution < -0.4 is 0 Å². The molecule has 19 heavy (non-hydrogen) atoms. The minimum absolute atomic E-state index is 0.216. The van der Waals surface area contributed by atoms with Crippen molar-refractivity contribution in [2.24, 2.45) is 5.92 Å². The van der Waals surface area contributed by atoms with Gasteiger partial charge in [-0.05, 0) is 60.4 Å². The number of halogens is 4. The van der Waals surface area contributed by atoms with Crippen molar-refractivity contribution in [3.05, 3.63) is 34.2 Å². The van der Waals surface area contributed by atoms with Crippen molar-refractivity contribution in [1.82, 2.24) is 0 Å². The minimum atomic E-state index is -4.41. The molecule has 1 atom stereocenters. The lowest BCUT2D eigenvalue weighted by atomic mass is 10.1. The van der Waals surface area contributed by atoms with Crippen LogP contribution in [-0.2, 0) is 6.42 Å². The van der Waals surface area contributed by atoms with Gasteiger partial charge < -0.3 is 0 Å². The summed E-state index contributed by atoms with van der Waals surface area (Å²) >= 11 is 0. The van der Waals surface area contributed by atoms with Gasteiger partial charge in [0.25, 0.3) is 0 Å². The molecule has 1 aromatic rings. The first-order valence-electron chi connectivity index (χ1n) is 6.15. The molecule has 0 amide bonds. The molecule has 0 aliphatic carbocycles. The van der Waals surface area contributed by atoms with E-state index in [-0.39, 0.29) is 10.8 Å². The fourth-order valence-corrected chi connectivity index (χ4v) is 5.80. The van der Waals surface area contributed by atoms with Gasteiger partial charge in [0.1, 0.15) is 0 Å². The van der Waals surface area contributed by atoms with Gasteiger partial charge in [0.2, 0.25) is 0 Å². The molecule has 0 spiro atoms. The molecular formula is C14H16ClF3S. The van der Waals surface area contributed by atoms with Crippen LogP contribution in [0.2, 0.25) is 0 Å². The summed E-state index contributed by atoms with van der Waals surface area (Å²) in [5.74, 6) is -0.216. The number of benzene rings is 1. The van der Waals surface area contributed by atoms with Gasteiger partial charge in [-0.15, -0.1) is 0 Å². The number of allylic oxidation sites excluding steroid dienone is 1. The number of hydrogen-bond acceptors (Lipinski definition) is 0. The molecule has 2 rings (SSSR count). The monoisotopic (exact) mass is 308 g/mol. The summed E-state index contributed by atoms with van der Waals surface area (Å²) in [4.78, 5) is 0.549. The van der Waals surface area contributed by atoms with E-state index in [0.717, 1.165) is 12.0 Å². The molecule has 0 bridgehead atoms. The van der Waals surface area contributed by atoms with Crippen LogP contribution in [0.15, 0.2) is 28.0 Å². The van der Waals surface area contributed by atoms with E-state index >= 15 is 0 Å². The molecule has 1 unspecified atom stereocenters. The second-order valence-electron chi connectivity index (χ2n) is 4.91. The molecule has 0 N–H and O–H groups in total. The highest BCUT2D eigenvalue weighted by molar-refractivity contribution is 8.54. The van der Waals surface area contributed by atoms with Gasteiger partial charge in [-0.1, -0.05) is 32.9 Å². The zero-order valence-corrected chi connectivity index (χ0v) is 12.6. The van der Waals surface area contributed by atoms with E-state index in [2.05, 4.69) is 0 Å². The molecule has 1 heterocycles. The average molecular weight is 309 g/mol. The summed E-state index contributed by atoms with van der Waals surface area (Å²) in [6.45, 7) is 5.50. The maximum Gasteiger partial charge on any atom is 0.445 e. The molecule has 5 heteroatoms. The van der Waals surface area contributed by atoms with Gasteiger partial charge >= 0.3 is 5.51 Å². The summed E-state index contributed by atoms with van der Waals surface area (Å²) in [6.07, 6.45) is 2.43. The smallest absolute Gasteiger partial charge is 0.160 e. The van der Waals surface area contributed by atoms with E-state index < -0.39 is 14.7 Å². The summed E-state index contributed by atoms with van der Waals surface area (Å²) in [5, 5.41) is 0. The largest absolute Gasteiger partial charge is 0.445 e. The third-order valence-electron chi connectivity index (χ3n) is 3.30. The Kier molecular flexibility index (Phi) is 3.69. The van der Waals surface area contributed by atoms with E-state index in [0.29, 0.717) is 10.5 Å². The molecule has 0 saturated heterocycles. The van der Waals surface area contributed by atoms with Crippen LogP contribution in [0.5, 0.6) is 0 Å². The molecule has 1 aliphatic heterocycles. The van der Waals surface area contributed by atoms with Crippen LogP contribution in [0, 0.1) is 5.92 Å². The standard InChI is InChI=1S/C14H16ClF3S/c1-4-10-5-6-12-11(7-10)8-13(9(2)3)19(12,15)14(16,17)18/h5-9H,4H2,1-3H3. The second-order valence-corrected chi connectivity index (χ2v) is 8.75. The van der Waals surface area contributed by atoms with E-state index in [1.54, 1.807) is 32.1 Å². The Morgan fingerprint density at radius 3 is 2.37 bits per heavy atom. The van der Waals surface area contributed by atoms with Gasteiger partial charge in [-0.3, -0.25) is 0 Å². The van der Waals surface area contributed by atoms with E-state index in [1.165, 1.54) is 0 Å². The highest BCUT2D eigenvalue weighted by atomic mass is 35.7. The third-order valence-corrected chi connectivity index (χ3v) is 7.71. The molecule has 0 aromatic heterocycles. The third kappa shape index (κ3) is 2.19. The minimum Gasteiger partial charge on any atom is -0.160 e. The lowest BCUT2D eigenvalue weighted by molar-refractivity contribution is -0.0360. The summed E-state index contributed by atoms with van der Waals surface area (Å²) < 4.78 is 40.4. The van der Waals surface area contributed by atoms with E-state index in [1.807, 2.05) is 13.0 Å². The number of aryl methyl sites for hydroxylation is 1. The molecule has 1 aromatic carbocycles. The zero-order valence-electron chi connectivity index (χ0n) is 11.0. The SMILES string of the molecule is CCc1ccc2c(c1)C=C(C(C)C)S2(Cl)C(F)(F)F. The second kappa shape index (κ2) is 4.74. The number of hydrogen-bond donors (Lipinski definition) is 0. The molecule has 0 radical (unpaired) electrons. The Bertz CT molecular complexity index is 534. The normalized spacial score (nSPS) is 26.0. The highest BCUT2D eigenvalue weighted by Crippen LogP contribution is 2.80. The van der Waals surface area contributed by atoms with Crippen molar-refractivity contribution in [3.8, 4) is 0 Å². The van der Waals surface area contributed by atoms with E-state index in [9.17, 15) is 13.2 Å². The van der Waals surface area contributed by atoms with Crippen molar-refractivity contribution >= 4 is 26.0 Å². The fraction of sp³-hybridized carbons (Fsp3) is 0.429. The van der Waals surface area contributed by atoms with Gasteiger partial charge in [-0.2, -0.15) is 13.2 Å². The lowest BCUT2D eigenvalue weighted by Gasteiger charge is -2.36. The topological polar surface area (TPSA) is 0 Å². The summed E-state index contributed by atoms with van der Waals surface area (Å²) in [7, 11) is 2.71. The van der Waals surface area contributed by atoms with Crippen LogP contribution in [0.3, 0.4) is 0 Å². The quantitative estimate of drug-likeness (QED) is 0.619. The van der Waals surface area contributed by atoms with Gasteiger partial charge in [0.15, 0.2) is 0 Å². The number of rotatable bonds is 2.